The number of hydrogen-bond donors (Lipinski definition) is 1. The Hall–Kier alpha value is -1.49. The first kappa shape index (κ1) is 24.5. The molecule has 0 radical (unpaired) electrons. The number of rotatable bonds is 5. The van der Waals surface area contributed by atoms with Gasteiger partial charge in [0.1, 0.15) is 9.22 Å². The highest BCUT2D eigenvalue weighted by molar-refractivity contribution is 7.93. The Morgan fingerprint density at radius 3 is 2.18 bits per heavy atom. The molecule has 0 saturated heterocycles. The van der Waals surface area contributed by atoms with Crippen LogP contribution >= 0.6 is 36.2 Å². The van der Waals surface area contributed by atoms with Gasteiger partial charge in [-0.05, 0) is 23.8 Å². The van der Waals surface area contributed by atoms with Gasteiger partial charge in [0.15, 0.2) is 9.84 Å². The molecule has 1 heterocycles. The summed E-state index contributed by atoms with van der Waals surface area (Å²) < 4.78 is 50.1. The van der Waals surface area contributed by atoms with Crippen LogP contribution in [0.5, 0.6) is 0 Å². The van der Waals surface area contributed by atoms with Gasteiger partial charge in [0, 0.05) is 18.4 Å². The summed E-state index contributed by atoms with van der Waals surface area (Å²) in [6, 6.07) is 12.8. The first-order chi connectivity index (χ1) is 12.2. The summed E-state index contributed by atoms with van der Waals surface area (Å²) in [4.78, 5) is 4.09. The highest BCUT2D eigenvalue weighted by Gasteiger charge is 2.25. The Morgan fingerprint density at radius 2 is 1.64 bits per heavy atom. The fourth-order valence-corrected chi connectivity index (χ4v) is 5.73. The molecule has 0 atom stereocenters. The van der Waals surface area contributed by atoms with E-state index in [1.807, 2.05) is 0 Å². The third kappa shape index (κ3) is 4.91. The van der Waals surface area contributed by atoms with Crippen molar-refractivity contribution in [1.82, 2.24) is 4.98 Å². The van der Waals surface area contributed by atoms with E-state index in [-0.39, 0.29) is 45.4 Å². The van der Waals surface area contributed by atoms with E-state index in [1.165, 1.54) is 24.4 Å². The second-order valence-electron chi connectivity index (χ2n) is 5.58. The Balaban J connectivity index is 0.00000196. The molecule has 0 spiro atoms. The van der Waals surface area contributed by atoms with Crippen LogP contribution < -0.4 is 5.73 Å². The molecule has 0 aliphatic rings. The molecule has 6 nitrogen and oxygen atoms in total. The number of nitrogens with zero attached hydrogens (tertiary/aromatic N) is 1. The van der Waals surface area contributed by atoms with Crippen LogP contribution in [0.2, 0.25) is 0 Å². The third-order valence-corrected chi connectivity index (χ3v) is 8.13. The molecule has 11 heteroatoms. The summed E-state index contributed by atoms with van der Waals surface area (Å²) in [7, 11) is -7.34. The number of aromatic nitrogens is 1. The highest BCUT2D eigenvalue weighted by Crippen LogP contribution is 2.35. The first-order valence-electron chi connectivity index (χ1n) is 7.53. The molecule has 0 aliphatic carbocycles. The molecule has 2 aromatic carbocycles. The number of thiazole rings is 1. The van der Waals surface area contributed by atoms with Crippen LogP contribution in [0.4, 0.5) is 0 Å². The van der Waals surface area contributed by atoms with Crippen molar-refractivity contribution in [2.75, 3.05) is 6.26 Å². The second kappa shape index (κ2) is 9.34. The van der Waals surface area contributed by atoms with Crippen LogP contribution in [0, 0.1) is 0 Å². The Morgan fingerprint density at radius 1 is 1.00 bits per heavy atom. The SMILES string of the molecule is CS(=O)(=O)c1ccc(S(=O)(=O)c2cnc(CN)s2)c(-c2ccccc2)c1.Cl.Cl. The minimum atomic E-state index is -3.86. The molecule has 0 bridgehead atoms. The van der Waals surface area contributed by atoms with Crippen LogP contribution in [-0.4, -0.2) is 28.1 Å². The van der Waals surface area contributed by atoms with Crippen molar-refractivity contribution in [2.45, 2.75) is 20.5 Å². The zero-order valence-corrected chi connectivity index (χ0v) is 18.7. The third-order valence-electron chi connectivity index (χ3n) is 3.73. The molecule has 3 aromatic rings. The maximum atomic E-state index is 13.1. The molecule has 152 valence electrons. The molecule has 2 N–H and O–H groups in total. The number of nitrogens with two attached hydrogens (primary N) is 1. The Labute approximate surface area is 180 Å². The molecule has 0 fully saturated rings. The van der Waals surface area contributed by atoms with Crippen molar-refractivity contribution < 1.29 is 16.8 Å². The van der Waals surface area contributed by atoms with Crippen molar-refractivity contribution in [2.24, 2.45) is 5.73 Å². The summed E-state index contributed by atoms with van der Waals surface area (Å²) in [5.74, 6) is 0. The maximum Gasteiger partial charge on any atom is 0.218 e. The van der Waals surface area contributed by atoms with E-state index in [1.54, 1.807) is 30.3 Å². The van der Waals surface area contributed by atoms with E-state index in [2.05, 4.69) is 4.98 Å². The van der Waals surface area contributed by atoms with Gasteiger partial charge >= 0.3 is 0 Å². The van der Waals surface area contributed by atoms with Crippen molar-refractivity contribution >= 4 is 55.8 Å². The maximum absolute atomic E-state index is 13.1. The second-order valence-corrected chi connectivity index (χ2v) is 10.9. The van der Waals surface area contributed by atoms with Crippen molar-refractivity contribution in [3.05, 3.63) is 59.7 Å². The molecule has 0 unspecified atom stereocenters. The van der Waals surface area contributed by atoms with Crippen molar-refractivity contribution in [1.29, 1.82) is 0 Å². The summed E-state index contributed by atoms with van der Waals surface area (Å²) in [5.41, 5.74) is 6.46. The van der Waals surface area contributed by atoms with Crippen LogP contribution in [0.15, 0.2) is 68.7 Å². The molecule has 28 heavy (non-hydrogen) atoms. The number of halogens is 2. The van der Waals surface area contributed by atoms with Crippen molar-refractivity contribution in [3.8, 4) is 11.1 Å². The van der Waals surface area contributed by atoms with Gasteiger partial charge in [0.2, 0.25) is 9.84 Å². The van der Waals surface area contributed by atoms with Gasteiger partial charge in [-0.2, -0.15) is 0 Å². The average Bonchev–Trinajstić information content (AvgIpc) is 3.11. The zero-order chi connectivity index (χ0) is 18.9. The molecule has 0 aliphatic heterocycles. The summed E-state index contributed by atoms with van der Waals surface area (Å²) in [6.45, 7) is 0.152. The smallest absolute Gasteiger partial charge is 0.218 e. The summed E-state index contributed by atoms with van der Waals surface area (Å²) in [6.07, 6.45) is 2.36. The lowest BCUT2D eigenvalue weighted by molar-refractivity contribution is 0.596. The topological polar surface area (TPSA) is 107 Å². The molecule has 1 aromatic heterocycles. The van der Waals surface area contributed by atoms with Gasteiger partial charge in [0.05, 0.1) is 16.0 Å². The van der Waals surface area contributed by atoms with Gasteiger partial charge in [-0.15, -0.1) is 36.2 Å². The Kier molecular flexibility index (Phi) is 8.19. The van der Waals surface area contributed by atoms with Crippen molar-refractivity contribution in [3.63, 3.8) is 0 Å². The first-order valence-corrected chi connectivity index (χ1v) is 11.7. The lowest BCUT2D eigenvalue weighted by atomic mass is 10.1. The molecule has 3 rings (SSSR count). The predicted octanol–water partition coefficient (Wildman–Crippen LogP) is 3.35. The lowest BCUT2D eigenvalue weighted by Gasteiger charge is -2.11. The van der Waals surface area contributed by atoms with Gasteiger partial charge in [-0.1, -0.05) is 30.3 Å². The monoisotopic (exact) mass is 480 g/mol. The minimum Gasteiger partial charge on any atom is -0.325 e. The quantitative estimate of drug-likeness (QED) is 0.599. The number of sulfone groups is 2. The number of hydrogen-bond acceptors (Lipinski definition) is 7. The predicted molar refractivity (Wildman–Crippen MR) is 115 cm³/mol. The van der Waals surface area contributed by atoms with E-state index < -0.39 is 19.7 Å². The van der Waals surface area contributed by atoms with Gasteiger partial charge in [-0.3, -0.25) is 0 Å². The van der Waals surface area contributed by atoms with E-state index in [0.717, 1.165) is 17.6 Å². The molecule has 0 amide bonds. The molecular formula is C17H18Cl2N2O4S3. The van der Waals surface area contributed by atoms with Gasteiger partial charge in [0.25, 0.3) is 0 Å². The fourth-order valence-electron chi connectivity index (χ4n) is 2.44. The van der Waals surface area contributed by atoms with Crippen LogP contribution in [0.25, 0.3) is 11.1 Å². The lowest BCUT2D eigenvalue weighted by Crippen LogP contribution is -2.05. The normalized spacial score (nSPS) is 11.4. The van der Waals surface area contributed by atoms with Gasteiger partial charge in [-0.25, -0.2) is 21.8 Å². The molecule has 0 saturated carbocycles. The van der Waals surface area contributed by atoms with Gasteiger partial charge < -0.3 is 5.73 Å². The van der Waals surface area contributed by atoms with E-state index >= 15 is 0 Å². The van der Waals surface area contributed by atoms with Crippen LogP contribution in [0.1, 0.15) is 5.01 Å². The van der Waals surface area contributed by atoms with E-state index in [9.17, 15) is 16.8 Å². The standard InChI is InChI=1S/C17H16N2O4S3.2ClH/c1-25(20,21)13-7-8-15(14(9-13)12-5-3-2-4-6-12)26(22,23)17-11-19-16(10-18)24-17;;/h2-9,11H,10,18H2,1H3;2*1H. The highest BCUT2D eigenvalue weighted by atomic mass is 35.5. The largest absolute Gasteiger partial charge is 0.325 e. The average molecular weight is 481 g/mol. The minimum absolute atomic E-state index is 0. The molecular weight excluding hydrogens is 463 g/mol. The van der Waals surface area contributed by atoms with E-state index in [0.29, 0.717) is 16.1 Å². The summed E-state index contributed by atoms with van der Waals surface area (Å²) in [5, 5.41) is 0.512. The number of benzene rings is 2. The Bertz CT molecular complexity index is 1160. The zero-order valence-electron chi connectivity index (χ0n) is 14.6. The fraction of sp³-hybridized carbons (Fsp3) is 0.118. The summed E-state index contributed by atoms with van der Waals surface area (Å²) >= 11 is 1.01. The van der Waals surface area contributed by atoms with E-state index in [4.69, 9.17) is 5.73 Å². The van der Waals surface area contributed by atoms with Crippen LogP contribution in [-0.2, 0) is 26.2 Å². The van der Waals surface area contributed by atoms with Crippen LogP contribution in [0.3, 0.4) is 0 Å².